The second-order valence-electron chi connectivity index (χ2n) is 3.85. The quantitative estimate of drug-likeness (QED) is 0.778. The Labute approximate surface area is 108 Å². The molecule has 1 aromatic carbocycles. The Balaban J connectivity index is 2.71. The number of alkyl halides is 1. The van der Waals surface area contributed by atoms with Gasteiger partial charge in [0.05, 0.1) is 5.75 Å². The van der Waals surface area contributed by atoms with E-state index in [9.17, 15) is 8.42 Å². The summed E-state index contributed by atoms with van der Waals surface area (Å²) in [6, 6.07) is 9.43. The molecule has 17 heavy (non-hydrogen) atoms. The second-order valence-corrected chi connectivity index (χ2v) is 6.10. The minimum atomic E-state index is -3.24. The van der Waals surface area contributed by atoms with Crippen molar-refractivity contribution < 1.29 is 8.42 Å². The fraction of sp³-hybridized carbons (Fsp3) is 0.500. The lowest BCUT2D eigenvalue weighted by atomic mass is 10.1. The first kappa shape index (κ1) is 14.5. The van der Waals surface area contributed by atoms with Crippen molar-refractivity contribution in [2.75, 3.05) is 11.6 Å². The van der Waals surface area contributed by atoms with Gasteiger partial charge in [-0.1, -0.05) is 37.3 Å². The molecule has 0 spiro atoms. The standard InChI is InChI=1S/C12H18ClNO2S/c1-2-12(11-7-4-3-5-8-11)14-17(15,16)10-6-9-13/h3-5,7-8,12,14H,2,6,9-10H2,1H3. The highest BCUT2D eigenvalue weighted by Crippen LogP contribution is 2.17. The van der Waals surface area contributed by atoms with E-state index in [4.69, 9.17) is 11.6 Å². The Morgan fingerprint density at radius 1 is 1.29 bits per heavy atom. The molecule has 1 N–H and O–H groups in total. The molecule has 0 aliphatic heterocycles. The van der Waals surface area contributed by atoms with Crippen LogP contribution in [-0.2, 0) is 10.0 Å². The molecular formula is C12H18ClNO2S. The smallest absolute Gasteiger partial charge is 0.212 e. The van der Waals surface area contributed by atoms with Crippen LogP contribution in [0, 0.1) is 0 Å². The summed E-state index contributed by atoms with van der Waals surface area (Å²) in [6.45, 7) is 1.96. The molecule has 3 nitrogen and oxygen atoms in total. The number of sulfonamides is 1. The van der Waals surface area contributed by atoms with Crippen LogP contribution in [0.3, 0.4) is 0 Å². The number of rotatable bonds is 7. The maximum atomic E-state index is 11.8. The van der Waals surface area contributed by atoms with Crippen LogP contribution in [0.25, 0.3) is 0 Å². The number of hydrogen-bond acceptors (Lipinski definition) is 2. The SMILES string of the molecule is CCC(NS(=O)(=O)CCCCl)c1ccccc1. The van der Waals surface area contributed by atoms with Gasteiger partial charge in [0, 0.05) is 11.9 Å². The lowest BCUT2D eigenvalue weighted by Gasteiger charge is -2.17. The minimum Gasteiger partial charge on any atom is -0.212 e. The summed E-state index contributed by atoms with van der Waals surface area (Å²) in [6.07, 6.45) is 1.20. The third-order valence-corrected chi connectivity index (χ3v) is 4.22. The van der Waals surface area contributed by atoms with E-state index in [1.807, 2.05) is 37.3 Å². The van der Waals surface area contributed by atoms with E-state index in [1.54, 1.807) is 0 Å². The van der Waals surface area contributed by atoms with Crippen molar-refractivity contribution in [1.29, 1.82) is 0 Å². The van der Waals surface area contributed by atoms with Crippen LogP contribution in [0.15, 0.2) is 30.3 Å². The van der Waals surface area contributed by atoms with Crippen molar-refractivity contribution in [3.63, 3.8) is 0 Å². The molecule has 0 aliphatic carbocycles. The van der Waals surface area contributed by atoms with Crippen LogP contribution in [0.2, 0.25) is 0 Å². The van der Waals surface area contributed by atoms with Crippen LogP contribution in [0.1, 0.15) is 31.4 Å². The summed E-state index contributed by atoms with van der Waals surface area (Å²) in [7, 11) is -3.24. The van der Waals surface area contributed by atoms with Crippen molar-refractivity contribution >= 4 is 21.6 Å². The lowest BCUT2D eigenvalue weighted by Crippen LogP contribution is -2.30. The van der Waals surface area contributed by atoms with E-state index in [0.717, 1.165) is 12.0 Å². The molecule has 1 aromatic rings. The van der Waals surface area contributed by atoms with Gasteiger partial charge in [-0.05, 0) is 18.4 Å². The first-order valence-electron chi connectivity index (χ1n) is 5.70. The summed E-state index contributed by atoms with van der Waals surface area (Å²) >= 11 is 5.50. The molecule has 1 rings (SSSR count). The number of benzene rings is 1. The van der Waals surface area contributed by atoms with Gasteiger partial charge in [-0.2, -0.15) is 0 Å². The average Bonchev–Trinajstić information content (AvgIpc) is 2.35. The van der Waals surface area contributed by atoms with Crippen molar-refractivity contribution in [3.8, 4) is 0 Å². The summed E-state index contributed by atoms with van der Waals surface area (Å²) < 4.78 is 26.2. The highest BCUT2D eigenvalue weighted by molar-refractivity contribution is 7.89. The first-order chi connectivity index (χ1) is 8.09. The van der Waals surface area contributed by atoms with E-state index in [2.05, 4.69) is 4.72 Å². The fourth-order valence-corrected chi connectivity index (χ4v) is 3.26. The summed E-state index contributed by atoms with van der Waals surface area (Å²) in [5, 5.41) is 0. The van der Waals surface area contributed by atoms with Gasteiger partial charge in [-0.3, -0.25) is 0 Å². The second kappa shape index (κ2) is 6.99. The van der Waals surface area contributed by atoms with E-state index < -0.39 is 10.0 Å². The minimum absolute atomic E-state index is 0.0832. The number of hydrogen-bond donors (Lipinski definition) is 1. The molecule has 0 bridgehead atoms. The Morgan fingerprint density at radius 2 is 1.94 bits per heavy atom. The van der Waals surface area contributed by atoms with Gasteiger partial charge in [0.2, 0.25) is 10.0 Å². The topological polar surface area (TPSA) is 46.2 Å². The molecule has 0 saturated carbocycles. The van der Waals surface area contributed by atoms with Crippen LogP contribution >= 0.6 is 11.6 Å². The zero-order valence-electron chi connectivity index (χ0n) is 9.90. The highest BCUT2D eigenvalue weighted by atomic mass is 35.5. The molecule has 1 atom stereocenters. The van der Waals surface area contributed by atoms with Crippen LogP contribution in [0.4, 0.5) is 0 Å². The highest BCUT2D eigenvalue weighted by Gasteiger charge is 2.17. The summed E-state index contributed by atoms with van der Waals surface area (Å²) in [5.74, 6) is 0.447. The van der Waals surface area contributed by atoms with Gasteiger partial charge in [0.25, 0.3) is 0 Å². The molecule has 0 saturated heterocycles. The van der Waals surface area contributed by atoms with Gasteiger partial charge in [0.15, 0.2) is 0 Å². The van der Waals surface area contributed by atoms with Crippen LogP contribution < -0.4 is 4.72 Å². The van der Waals surface area contributed by atoms with Crippen LogP contribution in [0.5, 0.6) is 0 Å². The zero-order chi connectivity index (χ0) is 12.7. The molecule has 0 fully saturated rings. The van der Waals surface area contributed by atoms with Crippen molar-refractivity contribution in [2.45, 2.75) is 25.8 Å². The van der Waals surface area contributed by atoms with Gasteiger partial charge >= 0.3 is 0 Å². The summed E-state index contributed by atoms with van der Waals surface area (Å²) in [5.41, 5.74) is 0.990. The Kier molecular flexibility index (Phi) is 5.95. The maximum absolute atomic E-state index is 11.8. The summed E-state index contributed by atoms with van der Waals surface area (Å²) in [4.78, 5) is 0. The zero-order valence-corrected chi connectivity index (χ0v) is 11.5. The predicted octanol–water partition coefficient (Wildman–Crippen LogP) is 2.69. The van der Waals surface area contributed by atoms with Crippen molar-refractivity contribution in [1.82, 2.24) is 4.72 Å². The molecular weight excluding hydrogens is 258 g/mol. The monoisotopic (exact) mass is 275 g/mol. The Hall–Kier alpha value is -0.580. The molecule has 0 amide bonds. The van der Waals surface area contributed by atoms with Gasteiger partial charge in [-0.25, -0.2) is 13.1 Å². The average molecular weight is 276 g/mol. The third-order valence-electron chi connectivity index (χ3n) is 2.48. The maximum Gasteiger partial charge on any atom is 0.212 e. The number of nitrogens with one attached hydrogen (secondary N) is 1. The van der Waals surface area contributed by atoms with Gasteiger partial charge in [0.1, 0.15) is 0 Å². The van der Waals surface area contributed by atoms with Crippen molar-refractivity contribution in [2.24, 2.45) is 0 Å². The lowest BCUT2D eigenvalue weighted by molar-refractivity contribution is 0.549. The third kappa shape index (κ3) is 5.06. The Bertz CT molecular complexity index is 419. The van der Waals surface area contributed by atoms with Crippen molar-refractivity contribution in [3.05, 3.63) is 35.9 Å². The molecule has 0 heterocycles. The van der Waals surface area contributed by atoms with E-state index in [1.165, 1.54) is 0 Å². The fourth-order valence-electron chi connectivity index (χ4n) is 1.59. The van der Waals surface area contributed by atoms with Gasteiger partial charge in [-0.15, -0.1) is 11.6 Å². The molecule has 0 radical (unpaired) electrons. The number of halogens is 1. The largest absolute Gasteiger partial charge is 0.212 e. The van der Waals surface area contributed by atoms with E-state index in [-0.39, 0.29) is 11.8 Å². The van der Waals surface area contributed by atoms with E-state index >= 15 is 0 Å². The molecule has 0 aliphatic rings. The molecule has 96 valence electrons. The van der Waals surface area contributed by atoms with Crippen LogP contribution in [-0.4, -0.2) is 20.1 Å². The molecule has 1 unspecified atom stereocenters. The Morgan fingerprint density at radius 3 is 2.47 bits per heavy atom. The van der Waals surface area contributed by atoms with Gasteiger partial charge < -0.3 is 0 Å². The first-order valence-corrected chi connectivity index (χ1v) is 7.88. The van der Waals surface area contributed by atoms with E-state index in [0.29, 0.717) is 12.3 Å². The predicted molar refractivity (Wildman–Crippen MR) is 71.7 cm³/mol. The normalized spacial score (nSPS) is 13.5. The molecule has 5 heteroatoms. The molecule has 0 aromatic heterocycles.